The van der Waals surface area contributed by atoms with Crippen LogP contribution >= 0.6 is 11.8 Å². The van der Waals surface area contributed by atoms with E-state index in [2.05, 4.69) is 20.8 Å². The van der Waals surface area contributed by atoms with Crippen LogP contribution in [0.15, 0.2) is 30.3 Å². The number of rotatable bonds is 7. The SMILES string of the molecule is CCC(SCCC(C)C)C(=O)c1ccccc1. The molecule has 0 heterocycles. The average molecular weight is 250 g/mol. The molecule has 0 saturated heterocycles. The molecule has 0 spiro atoms. The molecule has 1 aromatic carbocycles. The van der Waals surface area contributed by atoms with Gasteiger partial charge in [-0.25, -0.2) is 0 Å². The van der Waals surface area contributed by atoms with Crippen molar-refractivity contribution < 1.29 is 4.79 Å². The van der Waals surface area contributed by atoms with E-state index < -0.39 is 0 Å². The van der Waals surface area contributed by atoms with Crippen molar-refractivity contribution in [3.63, 3.8) is 0 Å². The van der Waals surface area contributed by atoms with Crippen LogP contribution in [0.25, 0.3) is 0 Å². The molecule has 17 heavy (non-hydrogen) atoms. The Bertz CT molecular complexity index is 332. The monoisotopic (exact) mass is 250 g/mol. The van der Waals surface area contributed by atoms with Gasteiger partial charge in [0.1, 0.15) is 0 Å². The molecule has 0 aliphatic heterocycles. The van der Waals surface area contributed by atoms with Gasteiger partial charge in [-0.2, -0.15) is 11.8 Å². The van der Waals surface area contributed by atoms with Crippen molar-refractivity contribution in [2.24, 2.45) is 5.92 Å². The van der Waals surface area contributed by atoms with Crippen molar-refractivity contribution in [2.45, 2.75) is 38.9 Å². The van der Waals surface area contributed by atoms with Gasteiger partial charge in [-0.05, 0) is 24.5 Å². The summed E-state index contributed by atoms with van der Waals surface area (Å²) in [7, 11) is 0. The largest absolute Gasteiger partial charge is 0.293 e. The van der Waals surface area contributed by atoms with Gasteiger partial charge >= 0.3 is 0 Å². The standard InChI is InChI=1S/C15H22OS/c1-4-14(17-11-10-12(2)3)15(16)13-8-6-5-7-9-13/h5-9,12,14H,4,10-11H2,1-3H3. The van der Waals surface area contributed by atoms with Crippen molar-refractivity contribution in [1.82, 2.24) is 0 Å². The summed E-state index contributed by atoms with van der Waals surface area (Å²) < 4.78 is 0. The van der Waals surface area contributed by atoms with E-state index in [1.165, 1.54) is 6.42 Å². The molecule has 0 aliphatic rings. The molecule has 0 bridgehead atoms. The van der Waals surface area contributed by atoms with Crippen molar-refractivity contribution in [1.29, 1.82) is 0 Å². The normalized spacial score (nSPS) is 12.7. The molecular weight excluding hydrogens is 228 g/mol. The lowest BCUT2D eigenvalue weighted by Crippen LogP contribution is -2.17. The molecule has 94 valence electrons. The molecule has 0 saturated carbocycles. The fourth-order valence-electron chi connectivity index (χ4n) is 1.61. The van der Waals surface area contributed by atoms with Gasteiger partial charge in [-0.1, -0.05) is 51.1 Å². The number of hydrogen-bond donors (Lipinski definition) is 0. The fourth-order valence-corrected chi connectivity index (χ4v) is 3.03. The van der Waals surface area contributed by atoms with Gasteiger partial charge in [0.05, 0.1) is 5.25 Å². The van der Waals surface area contributed by atoms with Crippen molar-refractivity contribution in [2.75, 3.05) is 5.75 Å². The van der Waals surface area contributed by atoms with Gasteiger partial charge in [0.15, 0.2) is 5.78 Å². The summed E-state index contributed by atoms with van der Waals surface area (Å²) in [6.45, 7) is 6.54. The lowest BCUT2D eigenvalue weighted by Gasteiger charge is -2.14. The van der Waals surface area contributed by atoms with E-state index in [9.17, 15) is 4.79 Å². The number of ketones is 1. The van der Waals surface area contributed by atoms with Crippen LogP contribution in [0.1, 0.15) is 44.0 Å². The molecule has 1 rings (SSSR count). The third-order valence-corrected chi connectivity index (χ3v) is 4.16. The summed E-state index contributed by atoms with van der Waals surface area (Å²) in [6, 6.07) is 9.63. The molecule has 0 fully saturated rings. The zero-order valence-corrected chi connectivity index (χ0v) is 11.8. The summed E-state index contributed by atoms with van der Waals surface area (Å²) in [5, 5.41) is 0.121. The zero-order chi connectivity index (χ0) is 12.7. The molecule has 1 unspecified atom stereocenters. The molecule has 0 N–H and O–H groups in total. The maximum Gasteiger partial charge on any atom is 0.175 e. The Morgan fingerprint density at radius 3 is 2.41 bits per heavy atom. The van der Waals surface area contributed by atoms with Gasteiger partial charge in [0, 0.05) is 5.56 Å². The van der Waals surface area contributed by atoms with Gasteiger partial charge in [-0.15, -0.1) is 0 Å². The zero-order valence-electron chi connectivity index (χ0n) is 11.0. The first-order valence-electron chi connectivity index (χ1n) is 6.36. The molecule has 1 nitrogen and oxygen atoms in total. The molecule has 0 aliphatic carbocycles. The summed E-state index contributed by atoms with van der Waals surface area (Å²) in [4.78, 5) is 12.2. The maximum absolute atomic E-state index is 12.2. The minimum absolute atomic E-state index is 0.121. The van der Waals surface area contributed by atoms with Crippen molar-refractivity contribution in [3.05, 3.63) is 35.9 Å². The highest BCUT2D eigenvalue weighted by Gasteiger charge is 2.18. The first-order valence-corrected chi connectivity index (χ1v) is 7.40. The minimum atomic E-state index is 0.121. The fraction of sp³-hybridized carbons (Fsp3) is 0.533. The minimum Gasteiger partial charge on any atom is -0.293 e. The summed E-state index contributed by atoms with van der Waals surface area (Å²) >= 11 is 1.80. The van der Waals surface area contributed by atoms with Gasteiger partial charge in [0.2, 0.25) is 0 Å². The van der Waals surface area contributed by atoms with E-state index >= 15 is 0 Å². The summed E-state index contributed by atoms with van der Waals surface area (Å²) in [5.74, 6) is 2.07. The van der Waals surface area contributed by atoms with E-state index in [0.29, 0.717) is 5.92 Å². The van der Waals surface area contributed by atoms with E-state index in [4.69, 9.17) is 0 Å². The van der Waals surface area contributed by atoms with Crippen LogP contribution in [0.2, 0.25) is 0 Å². The predicted octanol–water partition coefficient (Wildman–Crippen LogP) is 4.43. The number of hydrogen-bond acceptors (Lipinski definition) is 2. The Kier molecular flexibility index (Phi) is 6.35. The van der Waals surface area contributed by atoms with Crippen molar-refractivity contribution in [3.8, 4) is 0 Å². The lowest BCUT2D eigenvalue weighted by atomic mass is 10.1. The quantitative estimate of drug-likeness (QED) is 0.666. The molecule has 0 aromatic heterocycles. The molecule has 2 heteroatoms. The summed E-state index contributed by atoms with van der Waals surface area (Å²) in [6.07, 6.45) is 2.10. The molecule has 1 atom stereocenters. The second-order valence-corrected chi connectivity index (χ2v) is 5.99. The van der Waals surface area contributed by atoms with E-state index in [-0.39, 0.29) is 11.0 Å². The average Bonchev–Trinajstić information content (AvgIpc) is 2.34. The molecule has 1 aromatic rings. The first kappa shape index (κ1) is 14.3. The molecule has 0 amide bonds. The van der Waals surface area contributed by atoms with Gasteiger partial charge in [-0.3, -0.25) is 4.79 Å². The van der Waals surface area contributed by atoms with Gasteiger partial charge in [0.25, 0.3) is 0 Å². The predicted molar refractivity (Wildman–Crippen MR) is 76.8 cm³/mol. The Labute approximate surface area is 109 Å². The van der Waals surface area contributed by atoms with Crippen LogP contribution in [-0.2, 0) is 0 Å². The van der Waals surface area contributed by atoms with Crippen LogP contribution in [0.3, 0.4) is 0 Å². The van der Waals surface area contributed by atoms with Crippen LogP contribution in [-0.4, -0.2) is 16.8 Å². The molecule has 0 radical (unpaired) electrons. The van der Waals surface area contributed by atoms with Crippen LogP contribution in [0.5, 0.6) is 0 Å². The third-order valence-electron chi connectivity index (χ3n) is 2.74. The first-order chi connectivity index (χ1) is 8.15. The highest BCUT2D eigenvalue weighted by atomic mass is 32.2. The number of carbonyl (C=O) groups excluding carboxylic acids is 1. The number of Topliss-reactive ketones (excluding diaryl/α,β-unsaturated/α-hetero) is 1. The smallest absolute Gasteiger partial charge is 0.175 e. The highest BCUT2D eigenvalue weighted by Crippen LogP contribution is 2.21. The van der Waals surface area contributed by atoms with E-state index in [0.717, 1.165) is 17.7 Å². The Morgan fingerprint density at radius 2 is 1.88 bits per heavy atom. The Balaban J connectivity index is 2.53. The number of benzene rings is 1. The van der Waals surface area contributed by atoms with Crippen LogP contribution < -0.4 is 0 Å². The topological polar surface area (TPSA) is 17.1 Å². The second kappa shape index (κ2) is 7.54. The van der Waals surface area contributed by atoms with E-state index in [1.54, 1.807) is 11.8 Å². The molecular formula is C15H22OS. The van der Waals surface area contributed by atoms with Crippen LogP contribution in [0, 0.1) is 5.92 Å². The number of carbonyl (C=O) groups is 1. The summed E-state index contributed by atoms with van der Waals surface area (Å²) in [5.41, 5.74) is 0.844. The van der Waals surface area contributed by atoms with Gasteiger partial charge < -0.3 is 0 Å². The van der Waals surface area contributed by atoms with Crippen LogP contribution in [0.4, 0.5) is 0 Å². The maximum atomic E-state index is 12.2. The third kappa shape index (κ3) is 4.95. The second-order valence-electron chi connectivity index (χ2n) is 4.68. The number of thioether (sulfide) groups is 1. The van der Waals surface area contributed by atoms with Crippen molar-refractivity contribution >= 4 is 17.5 Å². The Morgan fingerprint density at radius 1 is 1.24 bits per heavy atom. The highest BCUT2D eigenvalue weighted by molar-refractivity contribution is 8.00. The Hall–Kier alpha value is -0.760. The lowest BCUT2D eigenvalue weighted by molar-refractivity contribution is 0.0988. The van der Waals surface area contributed by atoms with E-state index in [1.807, 2.05) is 30.3 Å².